The highest BCUT2D eigenvalue weighted by atomic mass is 32.1. The molecule has 0 saturated carbocycles. The van der Waals surface area contributed by atoms with Gasteiger partial charge in [0.2, 0.25) is 0 Å². The summed E-state index contributed by atoms with van der Waals surface area (Å²) in [5.41, 5.74) is -0.416. The van der Waals surface area contributed by atoms with E-state index in [-0.39, 0.29) is 12.5 Å². The standard InChI is InChI=1S/C19H17NO5S/c21-18(14-3-1-4-15-17(14)25-9-8-24-15)20-12-19(22,13-6-7-23-11-13)16-5-2-10-26-16/h1-7,10-11,22H,8-9,12H2,(H,20,21). The molecule has 2 aromatic heterocycles. The van der Waals surface area contributed by atoms with Crippen LogP contribution in [0.5, 0.6) is 11.5 Å². The molecule has 0 bridgehead atoms. The number of ether oxygens (including phenoxy) is 2. The van der Waals surface area contributed by atoms with Gasteiger partial charge >= 0.3 is 0 Å². The number of furan rings is 1. The fourth-order valence-electron chi connectivity index (χ4n) is 2.90. The zero-order valence-corrected chi connectivity index (χ0v) is 14.6. The van der Waals surface area contributed by atoms with Gasteiger partial charge in [0, 0.05) is 10.4 Å². The van der Waals surface area contributed by atoms with Crippen molar-refractivity contribution in [2.75, 3.05) is 19.8 Å². The lowest BCUT2D eigenvalue weighted by atomic mass is 9.94. The van der Waals surface area contributed by atoms with Crippen molar-refractivity contribution in [2.24, 2.45) is 0 Å². The predicted molar refractivity (Wildman–Crippen MR) is 95.8 cm³/mol. The molecule has 4 rings (SSSR count). The van der Waals surface area contributed by atoms with Gasteiger partial charge in [0.1, 0.15) is 18.8 Å². The number of para-hydroxylation sites is 1. The molecule has 0 fully saturated rings. The van der Waals surface area contributed by atoms with E-state index in [1.807, 2.05) is 17.5 Å². The Morgan fingerprint density at radius 2 is 2.08 bits per heavy atom. The molecule has 0 spiro atoms. The topological polar surface area (TPSA) is 80.9 Å². The molecular formula is C19H17NO5S. The summed E-state index contributed by atoms with van der Waals surface area (Å²) in [6.07, 6.45) is 2.97. The summed E-state index contributed by atoms with van der Waals surface area (Å²) in [4.78, 5) is 13.4. The summed E-state index contributed by atoms with van der Waals surface area (Å²) in [6, 6.07) is 10.5. The fourth-order valence-corrected chi connectivity index (χ4v) is 3.75. The first-order chi connectivity index (χ1) is 12.7. The van der Waals surface area contributed by atoms with Crippen molar-refractivity contribution in [3.63, 3.8) is 0 Å². The SMILES string of the molecule is O=C(NCC(O)(c1ccoc1)c1cccs1)c1cccc2c1OCCO2. The largest absolute Gasteiger partial charge is 0.486 e. The molecule has 1 unspecified atom stereocenters. The Kier molecular flexibility index (Phi) is 4.40. The highest BCUT2D eigenvalue weighted by Gasteiger charge is 2.34. The first-order valence-electron chi connectivity index (χ1n) is 8.14. The minimum absolute atomic E-state index is 0.00357. The van der Waals surface area contributed by atoms with E-state index in [1.54, 1.807) is 24.3 Å². The summed E-state index contributed by atoms with van der Waals surface area (Å²) >= 11 is 1.41. The van der Waals surface area contributed by atoms with Crippen LogP contribution >= 0.6 is 11.3 Å². The molecule has 3 heterocycles. The molecule has 26 heavy (non-hydrogen) atoms. The van der Waals surface area contributed by atoms with E-state index in [0.717, 1.165) is 0 Å². The molecule has 1 atom stereocenters. The van der Waals surface area contributed by atoms with Gasteiger partial charge in [0.05, 0.1) is 24.6 Å². The second-order valence-electron chi connectivity index (χ2n) is 5.86. The van der Waals surface area contributed by atoms with Crippen LogP contribution in [-0.2, 0) is 5.60 Å². The highest BCUT2D eigenvalue weighted by Crippen LogP contribution is 2.35. The fraction of sp³-hybridized carbons (Fsp3) is 0.211. The Labute approximate surface area is 154 Å². The first kappa shape index (κ1) is 16.7. The minimum Gasteiger partial charge on any atom is -0.486 e. The van der Waals surface area contributed by atoms with Crippen molar-refractivity contribution in [3.05, 3.63) is 70.3 Å². The third kappa shape index (κ3) is 2.95. The van der Waals surface area contributed by atoms with Crippen molar-refractivity contribution < 1.29 is 23.8 Å². The predicted octanol–water partition coefficient (Wildman–Crippen LogP) is 2.78. The molecule has 1 aliphatic rings. The Hall–Kier alpha value is -2.77. The number of carbonyl (C=O) groups excluding carboxylic acids is 1. The van der Waals surface area contributed by atoms with Crippen LogP contribution in [0.15, 0.2) is 58.7 Å². The molecule has 0 aliphatic carbocycles. The summed E-state index contributed by atoms with van der Waals surface area (Å²) in [7, 11) is 0. The van der Waals surface area contributed by atoms with E-state index >= 15 is 0 Å². The van der Waals surface area contributed by atoms with Gasteiger partial charge in [-0.05, 0) is 29.6 Å². The van der Waals surface area contributed by atoms with Gasteiger partial charge in [0.15, 0.2) is 11.5 Å². The van der Waals surface area contributed by atoms with Crippen LogP contribution in [0, 0.1) is 0 Å². The number of benzene rings is 1. The van der Waals surface area contributed by atoms with Crippen LogP contribution in [0.2, 0.25) is 0 Å². The second kappa shape index (κ2) is 6.86. The Morgan fingerprint density at radius 3 is 2.85 bits per heavy atom. The van der Waals surface area contributed by atoms with Crippen LogP contribution in [0.3, 0.4) is 0 Å². The normalized spacial score (nSPS) is 15.3. The Morgan fingerprint density at radius 1 is 1.19 bits per heavy atom. The smallest absolute Gasteiger partial charge is 0.255 e. The maximum atomic E-state index is 12.7. The molecule has 134 valence electrons. The summed E-state index contributed by atoms with van der Waals surface area (Å²) < 4.78 is 16.2. The van der Waals surface area contributed by atoms with Crippen molar-refractivity contribution in [3.8, 4) is 11.5 Å². The van der Waals surface area contributed by atoms with Gasteiger partial charge in [-0.3, -0.25) is 4.79 Å². The number of hydrogen-bond acceptors (Lipinski definition) is 6. The lowest BCUT2D eigenvalue weighted by molar-refractivity contribution is 0.0709. The lowest BCUT2D eigenvalue weighted by Gasteiger charge is -2.27. The maximum Gasteiger partial charge on any atom is 0.255 e. The summed E-state index contributed by atoms with van der Waals surface area (Å²) in [5, 5.41) is 15.9. The van der Waals surface area contributed by atoms with E-state index in [4.69, 9.17) is 13.9 Å². The van der Waals surface area contributed by atoms with E-state index in [2.05, 4.69) is 5.32 Å². The number of carbonyl (C=O) groups is 1. The van der Waals surface area contributed by atoms with Gasteiger partial charge in [0.25, 0.3) is 5.91 Å². The van der Waals surface area contributed by atoms with E-state index in [0.29, 0.717) is 40.7 Å². The Bertz CT molecular complexity index is 855. The minimum atomic E-state index is -1.37. The van der Waals surface area contributed by atoms with E-state index < -0.39 is 5.60 Å². The monoisotopic (exact) mass is 371 g/mol. The third-order valence-electron chi connectivity index (χ3n) is 4.24. The third-order valence-corrected chi connectivity index (χ3v) is 5.26. The number of fused-ring (bicyclic) bond motifs is 1. The van der Waals surface area contributed by atoms with Gasteiger partial charge in [-0.2, -0.15) is 0 Å². The van der Waals surface area contributed by atoms with Crippen molar-refractivity contribution in [2.45, 2.75) is 5.60 Å². The van der Waals surface area contributed by atoms with E-state index in [9.17, 15) is 9.90 Å². The van der Waals surface area contributed by atoms with Crippen LogP contribution in [0.25, 0.3) is 0 Å². The van der Waals surface area contributed by atoms with Crippen molar-refractivity contribution in [1.82, 2.24) is 5.32 Å². The molecule has 0 radical (unpaired) electrons. The average molecular weight is 371 g/mol. The first-order valence-corrected chi connectivity index (χ1v) is 9.02. The zero-order chi connectivity index (χ0) is 18.0. The summed E-state index contributed by atoms with van der Waals surface area (Å²) in [6.45, 7) is 0.846. The second-order valence-corrected chi connectivity index (χ2v) is 6.81. The van der Waals surface area contributed by atoms with Crippen molar-refractivity contribution >= 4 is 17.2 Å². The highest BCUT2D eigenvalue weighted by molar-refractivity contribution is 7.10. The number of aliphatic hydroxyl groups is 1. The van der Waals surface area contributed by atoms with Gasteiger partial charge in [-0.25, -0.2) is 0 Å². The molecular weight excluding hydrogens is 354 g/mol. The summed E-state index contributed by atoms with van der Waals surface area (Å²) in [5.74, 6) is 0.636. The van der Waals surface area contributed by atoms with Crippen LogP contribution < -0.4 is 14.8 Å². The van der Waals surface area contributed by atoms with Gasteiger partial charge < -0.3 is 24.3 Å². The maximum absolute atomic E-state index is 12.7. The number of hydrogen-bond donors (Lipinski definition) is 2. The number of nitrogens with one attached hydrogen (secondary N) is 1. The molecule has 6 nitrogen and oxygen atoms in total. The van der Waals surface area contributed by atoms with Crippen LogP contribution in [-0.4, -0.2) is 30.8 Å². The lowest BCUT2D eigenvalue weighted by Crippen LogP contribution is -2.41. The molecule has 0 saturated heterocycles. The molecule has 3 aromatic rings. The molecule has 1 aliphatic heterocycles. The molecule has 2 N–H and O–H groups in total. The van der Waals surface area contributed by atoms with Gasteiger partial charge in [-0.15, -0.1) is 11.3 Å². The number of amides is 1. The molecule has 1 aromatic carbocycles. The number of thiophene rings is 1. The molecule has 1 amide bonds. The number of rotatable bonds is 5. The van der Waals surface area contributed by atoms with Crippen LogP contribution in [0.4, 0.5) is 0 Å². The zero-order valence-electron chi connectivity index (χ0n) is 13.8. The average Bonchev–Trinajstić information content (AvgIpc) is 3.39. The van der Waals surface area contributed by atoms with E-state index in [1.165, 1.54) is 23.9 Å². The van der Waals surface area contributed by atoms with Gasteiger partial charge in [-0.1, -0.05) is 12.1 Å². The molecule has 7 heteroatoms. The quantitative estimate of drug-likeness (QED) is 0.721. The van der Waals surface area contributed by atoms with Crippen molar-refractivity contribution in [1.29, 1.82) is 0 Å². The Balaban J connectivity index is 1.58. The van der Waals surface area contributed by atoms with Crippen LogP contribution in [0.1, 0.15) is 20.8 Å².